The second kappa shape index (κ2) is 5.86. The Morgan fingerprint density at radius 3 is 2.73 bits per heavy atom. The van der Waals surface area contributed by atoms with Crippen LogP contribution in [0.2, 0.25) is 0 Å². The van der Waals surface area contributed by atoms with Gasteiger partial charge in [0, 0.05) is 18.1 Å². The van der Waals surface area contributed by atoms with Gasteiger partial charge in [-0.2, -0.15) is 0 Å². The lowest BCUT2D eigenvalue weighted by Crippen LogP contribution is -2.48. The Labute approximate surface area is 95.4 Å². The van der Waals surface area contributed by atoms with E-state index in [2.05, 4.69) is 37.9 Å². The highest BCUT2D eigenvalue weighted by Crippen LogP contribution is 2.14. The van der Waals surface area contributed by atoms with Crippen LogP contribution >= 0.6 is 0 Å². The zero-order chi connectivity index (χ0) is 11.3. The van der Waals surface area contributed by atoms with Gasteiger partial charge in [-0.15, -0.1) is 0 Å². The van der Waals surface area contributed by atoms with Crippen LogP contribution < -0.4 is 5.32 Å². The van der Waals surface area contributed by atoms with Gasteiger partial charge in [-0.3, -0.25) is 0 Å². The molecule has 1 heterocycles. The van der Waals surface area contributed by atoms with Gasteiger partial charge in [0.1, 0.15) is 0 Å². The van der Waals surface area contributed by atoms with Crippen LogP contribution in [0.15, 0.2) is 0 Å². The summed E-state index contributed by atoms with van der Waals surface area (Å²) in [6.07, 6.45) is 5.35. The zero-order valence-corrected chi connectivity index (χ0v) is 11.0. The molecule has 0 aliphatic carbocycles. The number of hydrogen-bond acceptors (Lipinski definition) is 2. The van der Waals surface area contributed by atoms with Crippen molar-refractivity contribution in [2.75, 3.05) is 19.6 Å². The highest BCUT2D eigenvalue weighted by Gasteiger charge is 2.26. The molecule has 0 bridgehead atoms. The summed E-state index contributed by atoms with van der Waals surface area (Å²) in [7, 11) is 0. The van der Waals surface area contributed by atoms with Gasteiger partial charge in [-0.1, -0.05) is 19.8 Å². The lowest BCUT2D eigenvalue weighted by Gasteiger charge is -2.31. The highest BCUT2D eigenvalue weighted by molar-refractivity contribution is 4.87. The predicted octanol–water partition coefficient (Wildman–Crippen LogP) is 2.64. The maximum Gasteiger partial charge on any atom is 0.0254 e. The summed E-state index contributed by atoms with van der Waals surface area (Å²) in [5.74, 6) is 0. The Morgan fingerprint density at radius 2 is 2.07 bits per heavy atom. The first-order chi connectivity index (χ1) is 7.03. The maximum absolute atomic E-state index is 3.70. The third-order valence-electron chi connectivity index (χ3n) is 3.21. The number of nitrogens with one attached hydrogen (secondary N) is 1. The van der Waals surface area contributed by atoms with E-state index in [-0.39, 0.29) is 5.54 Å². The van der Waals surface area contributed by atoms with Gasteiger partial charge in [0.05, 0.1) is 0 Å². The molecule has 1 unspecified atom stereocenters. The predicted molar refractivity (Wildman–Crippen MR) is 67.3 cm³/mol. The number of unbranched alkanes of at least 4 members (excludes halogenated alkanes) is 2. The van der Waals surface area contributed by atoms with Crippen molar-refractivity contribution in [3.63, 3.8) is 0 Å². The van der Waals surface area contributed by atoms with Crippen LogP contribution in [0.3, 0.4) is 0 Å². The molecule has 90 valence electrons. The average molecular weight is 212 g/mol. The SMILES string of the molecule is CCCCCN1CCC(C)NC(C)(C)C1. The quantitative estimate of drug-likeness (QED) is 0.721. The third-order valence-corrected chi connectivity index (χ3v) is 3.21. The second-order valence-corrected chi connectivity index (χ2v) is 5.70. The molecule has 1 rings (SSSR count). The van der Waals surface area contributed by atoms with Crippen molar-refractivity contribution in [1.29, 1.82) is 0 Å². The summed E-state index contributed by atoms with van der Waals surface area (Å²) in [5.41, 5.74) is 0.280. The lowest BCUT2D eigenvalue weighted by atomic mass is 10.0. The molecule has 15 heavy (non-hydrogen) atoms. The Kier molecular flexibility index (Phi) is 5.07. The Bertz CT molecular complexity index is 177. The van der Waals surface area contributed by atoms with Crippen molar-refractivity contribution < 1.29 is 0 Å². The van der Waals surface area contributed by atoms with E-state index in [1.54, 1.807) is 0 Å². The first-order valence-corrected chi connectivity index (χ1v) is 6.53. The van der Waals surface area contributed by atoms with Gasteiger partial charge < -0.3 is 10.2 Å². The van der Waals surface area contributed by atoms with Crippen molar-refractivity contribution in [1.82, 2.24) is 10.2 Å². The van der Waals surface area contributed by atoms with E-state index in [4.69, 9.17) is 0 Å². The summed E-state index contributed by atoms with van der Waals surface area (Å²) in [4.78, 5) is 2.63. The van der Waals surface area contributed by atoms with Crippen molar-refractivity contribution in [3.8, 4) is 0 Å². The van der Waals surface area contributed by atoms with Crippen LogP contribution in [0.1, 0.15) is 53.4 Å². The van der Waals surface area contributed by atoms with Gasteiger partial charge in [0.2, 0.25) is 0 Å². The maximum atomic E-state index is 3.70. The molecule has 0 spiro atoms. The molecule has 0 aromatic heterocycles. The minimum atomic E-state index is 0.280. The molecule has 2 nitrogen and oxygen atoms in total. The molecule has 1 aliphatic rings. The molecular weight excluding hydrogens is 184 g/mol. The molecule has 0 aromatic rings. The van der Waals surface area contributed by atoms with Crippen LogP contribution in [0.25, 0.3) is 0 Å². The van der Waals surface area contributed by atoms with Crippen molar-refractivity contribution >= 4 is 0 Å². The lowest BCUT2D eigenvalue weighted by molar-refractivity contribution is 0.226. The molecular formula is C13H28N2. The third kappa shape index (κ3) is 4.98. The van der Waals surface area contributed by atoms with E-state index in [9.17, 15) is 0 Å². The fraction of sp³-hybridized carbons (Fsp3) is 1.00. The fourth-order valence-corrected chi connectivity index (χ4v) is 2.58. The van der Waals surface area contributed by atoms with E-state index < -0.39 is 0 Å². The monoisotopic (exact) mass is 212 g/mol. The Balaban J connectivity index is 2.37. The van der Waals surface area contributed by atoms with Gasteiger partial charge in [0.15, 0.2) is 0 Å². The molecule has 0 amide bonds. The summed E-state index contributed by atoms with van der Waals surface area (Å²) < 4.78 is 0. The van der Waals surface area contributed by atoms with Crippen molar-refractivity contribution in [2.24, 2.45) is 0 Å². The summed E-state index contributed by atoms with van der Waals surface area (Å²) in [6, 6.07) is 0.663. The molecule has 1 fully saturated rings. The molecule has 0 saturated carbocycles. The molecule has 1 N–H and O–H groups in total. The fourth-order valence-electron chi connectivity index (χ4n) is 2.58. The smallest absolute Gasteiger partial charge is 0.0254 e. The first kappa shape index (κ1) is 13.0. The van der Waals surface area contributed by atoms with E-state index >= 15 is 0 Å². The molecule has 0 radical (unpaired) electrons. The van der Waals surface area contributed by atoms with E-state index in [0.717, 1.165) is 0 Å². The van der Waals surface area contributed by atoms with Crippen LogP contribution in [-0.2, 0) is 0 Å². The minimum absolute atomic E-state index is 0.280. The van der Waals surface area contributed by atoms with Crippen LogP contribution in [0, 0.1) is 0 Å². The number of rotatable bonds is 4. The van der Waals surface area contributed by atoms with Gasteiger partial charge in [0.25, 0.3) is 0 Å². The Morgan fingerprint density at radius 1 is 1.33 bits per heavy atom. The van der Waals surface area contributed by atoms with Crippen LogP contribution in [0.4, 0.5) is 0 Å². The number of hydrogen-bond donors (Lipinski definition) is 1. The largest absolute Gasteiger partial charge is 0.308 e. The van der Waals surface area contributed by atoms with Crippen molar-refractivity contribution in [3.05, 3.63) is 0 Å². The normalized spacial score (nSPS) is 27.6. The average Bonchev–Trinajstić information content (AvgIpc) is 2.24. The van der Waals surface area contributed by atoms with Gasteiger partial charge in [-0.25, -0.2) is 0 Å². The Hall–Kier alpha value is -0.0800. The summed E-state index contributed by atoms with van der Waals surface area (Å²) in [6.45, 7) is 13.0. The highest BCUT2D eigenvalue weighted by atomic mass is 15.2. The molecule has 0 aromatic carbocycles. The summed E-state index contributed by atoms with van der Waals surface area (Å²) in [5, 5.41) is 3.70. The van der Waals surface area contributed by atoms with Crippen molar-refractivity contribution in [2.45, 2.75) is 65.0 Å². The van der Waals surface area contributed by atoms with E-state index in [0.29, 0.717) is 6.04 Å². The topological polar surface area (TPSA) is 15.3 Å². The van der Waals surface area contributed by atoms with Crippen LogP contribution in [0.5, 0.6) is 0 Å². The van der Waals surface area contributed by atoms with Crippen LogP contribution in [-0.4, -0.2) is 36.1 Å². The molecule has 2 heteroatoms. The number of nitrogens with zero attached hydrogens (tertiary/aromatic N) is 1. The second-order valence-electron chi connectivity index (χ2n) is 5.70. The van der Waals surface area contributed by atoms with E-state index in [1.165, 1.54) is 45.3 Å². The molecule has 1 saturated heterocycles. The molecule has 1 atom stereocenters. The zero-order valence-electron chi connectivity index (χ0n) is 11.0. The first-order valence-electron chi connectivity index (χ1n) is 6.53. The van der Waals surface area contributed by atoms with Gasteiger partial charge in [-0.05, 0) is 46.7 Å². The standard InChI is InChI=1S/C13H28N2/c1-5-6-7-9-15-10-8-12(2)14-13(3,4)11-15/h12,14H,5-11H2,1-4H3. The minimum Gasteiger partial charge on any atom is -0.308 e. The molecule has 1 aliphatic heterocycles. The summed E-state index contributed by atoms with van der Waals surface area (Å²) >= 11 is 0. The van der Waals surface area contributed by atoms with Gasteiger partial charge >= 0.3 is 0 Å². The van der Waals surface area contributed by atoms with E-state index in [1.807, 2.05) is 0 Å².